The van der Waals surface area contributed by atoms with Crippen molar-refractivity contribution < 1.29 is 4.79 Å². The number of rotatable bonds is 5. The van der Waals surface area contributed by atoms with E-state index in [-0.39, 0.29) is 11.9 Å². The Morgan fingerprint density at radius 2 is 2.27 bits per heavy atom. The summed E-state index contributed by atoms with van der Waals surface area (Å²) in [5, 5.41) is 7.63. The lowest BCUT2D eigenvalue weighted by Crippen LogP contribution is -2.50. The summed E-state index contributed by atoms with van der Waals surface area (Å²) in [5.41, 5.74) is 1.98. The van der Waals surface area contributed by atoms with Crippen molar-refractivity contribution in [1.82, 2.24) is 20.1 Å². The second-order valence-electron chi connectivity index (χ2n) is 5.42. The maximum Gasteiger partial charge on any atom is 0.244 e. The quantitative estimate of drug-likeness (QED) is 0.910. The van der Waals surface area contributed by atoms with Crippen molar-refractivity contribution in [2.24, 2.45) is 0 Å². The van der Waals surface area contributed by atoms with Crippen LogP contribution < -0.4 is 10.2 Å². The van der Waals surface area contributed by atoms with Crippen LogP contribution in [-0.4, -0.2) is 33.3 Å². The van der Waals surface area contributed by atoms with Crippen LogP contribution >= 0.6 is 0 Å². The van der Waals surface area contributed by atoms with E-state index < -0.39 is 0 Å². The number of nitrogens with one attached hydrogen (secondary N) is 1. The highest BCUT2D eigenvalue weighted by Gasteiger charge is 2.29. The molecule has 1 aliphatic rings. The number of pyridine rings is 1. The summed E-state index contributed by atoms with van der Waals surface area (Å²) in [6, 6.07) is 5.64. The molecule has 1 amide bonds. The van der Waals surface area contributed by atoms with Crippen LogP contribution in [0.2, 0.25) is 0 Å². The van der Waals surface area contributed by atoms with Crippen LogP contribution in [0.5, 0.6) is 0 Å². The van der Waals surface area contributed by atoms with Gasteiger partial charge in [0, 0.05) is 32.0 Å². The molecule has 2 aromatic heterocycles. The van der Waals surface area contributed by atoms with Crippen molar-refractivity contribution in [2.45, 2.75) is 38.9 Å². The molecule has 1 atom stereocenters. The summed E-state index contributed by atoms with van der Waals surface area (Å²) in [4.78, 5) is 18.6. The van der Waals surface area contributed by atoms with Crippen LogP contribution in [0.4, 0.5) is 5.69 Å². The van der Waals surface area contributed by atoms with Crippen LogP contribution in [0.15, 0.2) is 36.8 Å². The number of piperidine rings is 1. The number of aryl methyl sites for hydroxylation is 1. The first-order valence-electron chi connectivity index (χ1n) is 7.75. The number of aromatic nitrogens is 3. The summed E-state index contributed by atoms with van der Waals surface area (Å²) in [5.74, 6) is 0.127. The fourth-order valence-electron chi connectivity index (χ4n) is 2.86. The van der Waals surface area contributed by atoms with Gasteiger partial charge >= 0.3 is 0 Å². The molecule has 6 nitrogen and oxygen atoms in total. The van der Waals surface area contributed by atoms with Crippen molar-refractivity contribution in [3.63, 3.8) is 0 Å². The van der Waals surface area contributed by atoms with Gasteiger partial charge in [0.1, 0.15) is 0 Å². The predicted molar refractivity (Wildman–Crippen MR) is 84.4 cm³/mol. The van der Waals surface area contributed by atoms with Gasteiger partial charge in [-0.3, -0.25) is 14.5 Å². The second kappa shape index (κ2) is 6.70. The minimum Gasteiger partial charge on any atom is -0.310 e. The topological polar surface area (TPSA) is 63.1 Å². The van der Waals surface area contributed by atoms with Gasteiger partial charge < -0.3 is 10.2 Å². The molecule has 6 heteroatoms. The Balaban J connectivity index is 1.66. The fraction of sp³-hybridized carbons (Fsp3) is 0.438. The molecule has 22 heavy (non-hydrogen) atoms. The third kappa shape index (κ3) is 3.01. The first kappa shape index (κ1) is 14.7. The molecule has 1 saturated heterocycles. The minimum absolute atomic E-state index is 0.127. The van der Waals surface area contributed by atoms with Crippen LogP contribution in [0.3, 0.4) is 0 Å². The zero-order chi connectivity index (χ0) is 15.4. The van der Waals surface area contributed by atoms with E-state index in [2.05, 4.69) is 22.3 Å². The SMILES string of the molecule is CCn1nccc1CN[C@H]1CCCN(c2cccnc2)C1=O. The number of carbonyl (C=O) groups is 1. The Bertz CT molecular complexity index is 624. The zero-order valence-electron chi connectivity index (χ0n) is 12.8. The molecule has 1 N–H and O–H groups in total. The molecule has 1 fully saturated rings. The number of carbonyl (C=O) groups excluding carboxylic acids is 1. The smallest absolute Gasteiger partial charge is 0.244 e. The number of hydrogen-bond acceptors (Lipinski definition) is 4. The lowest BCUT2D eigenvalue weighted by Gasteiger charge is -2.32. The fourth-order valence-corrected chi connectivity index (χ4v) is 2.86. The van der Waals surface area contributed by atoms with Crippen LogP contribution in [0, 0.1) is 0 Å². The molecular formula is C16H21N5O. The minimum atomic E-state index is -0.144. The summed E-state index contributed by atoms with van der Waals surface area (Å²) >= 11 is 0. The van der Waals surface area contributed by atoms with Crippen LogP contribution in [-0.2, 0) is 17.9 Å². The molecule has 0 aromatic carbocycles. The average Bonchev–Trinajstić information content (AvgIpc) is 3.02. The third-order valence-corrected chi connectivity index (χ3v) is 4.03. The number of anilines is 1. The Morgan fingerprint density at radius 3 is 3.05 bits per heavy atom. The normalized spacial score (nSPS) is 18.7. The van der Waals surface area contributed by atoms with E-state index in [0.717, 1.165) is 37.3 Å². The largest absolute Gasteiger partial charge is 0.310 e. The maximum atomic E-state index is 12.7. The van der Waals surface area contributed by atoms with Crippen molar-refractivity contribution in [1.29, 1.82) is 0 Å². The van der Waals surface area contributed by atoms with Gasteiger partial charge in [0.05, 0.1) is 23.6 Å². The first-order valence-corrected chi connectivity index (χ1v) is 7.75. The molecule has 0 saturated carbocycles. The molecule has 0 radical (unpaired) electrons. The lowest BCUT2D eigenvalue weighted by molar-refractivity contribution is -0.121. The standard InChI is InChI=1S/C16H21N5O/c1-2-21-14(7-9-19-21)12-18-15-6-4-10-20(16(15)22)13-5-3-8-17-11-13/h3,5,7-9,11,15,18H,2,4,6,10,12H2,1H3/t15-/m0/s1. The van der Waals surface area contributed by atoms with Crippen LogP contribution in [0.25, 0.3) is 0 Å². The van der Waals surface area contributed by atoms with Gasteiger partial charge in [-0.05, 0) is 38.0 Å². The summed E-state index contributed by atoms with van der Waals surface area (Å²) in [6.07, 6.45) is 7.12. The monoisotopic (exact) mass is 299 g/mol. The number of nitrogens with zero attached hydrogens (tertiary/aromatic N) is 4. The van der Waals surface area contributed by atoms with Gasteiger partial charge in [0.25, 0.3) is 0 Å². The molecule has 3 heterocycles. The van der Waals surface area contributed by atoms with E-state index in [1.165, 1.54) is 0 Å². The zero-order valence-corrected chi connectivity index (χ0v) is 12.8. The molecule has 0 spiro atoms. The maximum absolute atomic E-state index is 12.7. The molecule has 0 unspecified atom stereocenters. The number of hydrogen-bond donors (Lipinski definition) is 1. The van der Waals surface area contributed by atoms with Gasteiger partial charge in [-0.1, -0.05) is 0 Å². The highest BCUT2D eigenvalue weighted by Crippen LogP contribution is 2.20. The second-order valence-corrected chi connectivity index (χ2v) is 5.42. The lowest BCUT2D eigenvalue weighted by atomic mass is 10.0. The van der Waals surface area contributed by atoms with E-state index in [9.17, 15) is 4.79 Å². The van der Waals surface area contributed by atoms with Crippen molar-refractivity contribution in [3.8, 4) is 0 Å². The third-order valence-electron chi connectivity index (χ3n) is 4.03. The molecule has 1 aliphatic heterocycles. The van der Waals surface area contributed by atoms with Crippen molar-refractivity contribution in [2.75, 3.05) is 11.4 Å². The van der Waals surface area contributed by atoms with Gasteiger partial charge in [-0.25, -0.2) is 0 Å². The molecule has 2 aromatic rings. The average molecular weight is 299 g/mol. The van der Waals surface area contributed by atoms with E-state index in [4.69, 9.17) is 0 Å². The highest BCUT2D eigenvalue weighted by atomic mass is 16.2. The van der Waals surface area contributed by atoms with Crippen molar-refractivity contribution in [3.05, 3.63) is 42.5 Å². The van der Waals surface area contributed by atoms with Crippen LogP contribution in [0.1, 0.15) is 25.5 Å². The Hall–Kier alpha value is -2.21. The van der Waals surface area contributed by atoms with E-state index in [1.807, 2.05) is 27.8 Å². The molecule has 0 aliphatic carbocycles. The van der Waals surface area contributed by atoms with Gasteiger partial charge in [-0.2, -0.15) is 5.10 Å². The Morgan fingerprint density at radius 1 is 1.36 bits per heavy atom. The summed E-state index contributed by atoms with van der Waals surface area (Å²) < 4.78 is 1.94. The summed E-state index contributed by atoms with van der Waals surface area (Å²) in [6.45, 7) is 4.32. The number of amides is 1. The highest BCUT2D eigenvalue weighted by molar-refractivity contribution is 5.97. The molecule has 0 bridgehead atoms. The Labute approximate surface area is 130 Å². The van der Waals surface area contributed by atoms with E-state index in [0.29, 0.717) is 6.54 Å². The van der Waals surface area contributed by atoms with Crippen molar-refractivity contribution >= 4 is 11.6 Å². The van der Waals surface area contributed by atoms with Gasteiger partial charge in [0.15, 0.2) is 0 Å². The Kier molecular flexibility index (Phi) is 4.48. The first-order chi connectivity index (χ1) is 10.8. The molecule has 116 valence electrons. The molecule has 3 rings (SSSR count). The summed E-state index contributed by atoms with van der Waals surface area (Å²) in [7, 11) is 0. The molecular weight excluding hydrogens is 278 g/mol. The van der Waals surface area contributed by atoms with Gasteiger partial charge in [0.2, 0.25) is 5.91 Å². The van der Waals surface area contributed by atoms with Gasteiger partial charge in [-0.15, -0.1) is 0 Å². The van der Waals surface area contributed by atoms with E-state index >= 15 is 0 Å². The predicted octanol–water partition coefficient (Wildman–Crippen LogP) is 1.58. The van der Waals surface area contributed by atoms with E-state index in [1.54, 1.807) is 18.6 Å².